The van der Waals surface area contributed by atoms with Gasteiger partial charge in [0.15, 0.2) is 0 Å². The van der Waals surface area contributed by atoms with Crippen molar-refractivity contribution in [2.75, 3.05) is 20.3 Å². The Bertz CT molecular complexity index is 194. The summed E-state index contributed by atoms with van der Waals surface area (Å²) in [6.07, 6.45) is 2.20. The Hall–Kier alpha value is -0.810. The van der Waals surface area contributed by atoms with E-state index in [2.05, 4.69) is 36.5 Å². The summed E-state index contributed by atoms with van der Waals surface area (Å²) in [5.41, 5.74) is 2.59. The minimum absolute atomic E-state index is 0.224. The van der Waals surface area contributed by atoms with Crippen LogP contribution in [0.25, 0.3) is 0 Å². The zero-order valence-corrected chi connectivity index (χ0v) is 10.9. The summed E-state index contributed by atoms with van der Waals surface area (Å²) >= 11 is 0. The monoisotopic (exact) mass is 230 g/mol. The second kappa shape index (κ2) is 9.42. The van der Waals surface area contributed by atoms with E-state index in [1.165, 1.54) is 0 Å². The number of aliphatic imine (C=N–C) groups is 1. The fraction of sp³-hybridized carbons (Fsp3) is 0.909. The molecule has 0 heterocycles. The van der Waals surface area contributed by atoms with Crippen molar-refractivity contribution in [3.8, 4) is 0 Å². The topological polar surface area (TPSA) is 71.7 Å². The molecule has 16 heavy (non-hydrogen) atoms. The lowest BCUT2D eigenvalue weighted by molar-refractivity contribution is 0.155. The molecule has 96 valence electrons. The first-order chi connectivity index (χ1) is 7.65. The summed E-state index contributed by atoms with van der Waals surface area (Å²) in [6, 6.07) is 0.224. The quantitative estimate of drug-likeness (QED) is 0.199. The first-order valence-electron chi connectivity index (χ1n) is 5.92. The molecule has 0 saturated heterocycles. The summed E-state index contributed by atoms with van der Waals surface area (Å²) in [5, 5.41) is 3.25. The Labute approximate surface area is 98.8 Å². The molecule has 0 radical (unpaired) electrons. The van der Waals surface area contributed by atoms with Crippen molar-refractivity contribution in [3.63, 3.8) is 0 Å². The molecule has 0 aromatic carbocycles. The largest absolute Gasteiger partial charge is 0.383 e. The molecule has 0 amide bonds. The molecule has 0 rings (SSSR count). The second-order valence-electron chi connectivity index (χ2n) is 4.18. The highest BCUT2D eigenvalue weighted by atomic mass is 16.5. The van der Waals surface area contributed by atoms with E-state index in [9.17, 15) is 0 Å². The molecule has 1 unspecified atom stereocenters. The molecular formula is C11H26N4O. The zero-order chi connectivity index (χ0) is 12.4. The van der Waals surface area contributed by atoms with Crippen LogP contribution >= 0.6 is 0 Å². The lowest BCUT2D eigenvalue weighted by Crippen LogP contribution is -2.50. The predicted octanol–water partition coefficient (Wildman–Crippen LogP) is 0.866. The Kier molecular flexibility index (Phi) is 8.94. The van der Waals surface area contributed by atoms with Gasteiger partial charge in [-0.1, -0.05) is 27.2 Å². The van der Waals surface area contributed by atoms with E-state index in [-0.39, 0.29) is 6.04 Å². The summed E-state index contributed by atoms with van der Waals surface area (Å²) in [7, 11) is 1.70. The van der Waals surface area contributed by atoms with Gasteiger partial charge in [0.1, 0.15) is 0 Å². The minimum atomic E-state index is 0.224. The maximum atomic E-state index is 5.42. The van der Waals surface area contributed by atoms with Gasteiger partial charge < -0.3 is 10.1 Å². The molecule has 0 aliphatic heterocycles. The average Bonchev–Trinajstić information content (AvgIpc) is 2.26. The highest BCUT2D eigenvalue weighted by Crippen LogP contribution is 2.01. The predicted molar refractivity (Wildman–Crippen MR) is 68.2 cm³/mol. The fourth-order valence-corrected chi connectivity index (χ4v) is 1.24. The van der Waals surface area contributed by atoms with E-state index in [0.29, 0.717) is 18.5 Å². The van der Waals surface area contributed by atoms with Crippen LogP contribution in [0.1, 0.15) is 33.6 Å². The molecule has 5 heteroatoms. The Morgan fingerprint density at radius 3 is 2.56 bits per heavy atom. The van der Waals surface area contributed by atoms with E-state index < -0.39 is 0 Å². The number of hydrogen-bond acceptors (Lipinski definition) is 3. The van der Waals surface area contributed by atoms with Crippen LogP contribution in [0.15, 0.2) is 4.99 Å². The standard InChI is InChI=1S/C11H26N4O/c1-5-6-7-13-11(15-12)14-10(8-16-4)9(2)3/h9-10H,5-8,12H2,1-4H3,(H2,13,14,15). The third-order valence-corrected chi connectivity index (χ3v) is 2.39. The van der Waals surface area contributed by atoms with Gasteiger partial charge in [-0.25, -0.2) is 5.84 Å². The number of unbranched alkanes of at least 4 members (excludes halogenated alkanes) is 1. The number of hydrazine groups is 1. The molecule has 1 atom stereocenters. The average molecular weight is 230 g/mol. The summed E-state index contributed by atoms with van der Waals surface area (Å²) in [4.78, 5) is 4.35. The van der Waals surface area contributed by atoms with Gasteiger partial charge in [-0.05, 0) is 12.3 Å². The highest BCUT2D eigenvalue weighted by molar-refractivity contribution is 5.79. The van der Waals surface area contributed by atoms with Crippen LogP contribution < -0.4 is 16.6 Å². The van der Waals surface area contributed by atoms with Crippen LogP contribution in [0.4, 0.5) is 0 Å². The summed E-state index contributed by atoms with van der Waals surface area (Å²) < 4.78 is 5.15. The van der Waals surface area contributed by atoms with Crippen molar-refractivity contribution < 1.29 is 4.74 Å². The summed E-state index contributed by atoms with van der Waals surface area (Å²) in [5.74, 6) is 6.52. The van der Waals surface area contributed by atoms with E-state index in [4.69, 9.17) is 10.6 Å². The molecule has 0 aliphatic carbocycles. The molecule has 5 nitrogen and oxygen atoms in total. The van der Waals surface area contributed by atoms with Crippen molar-refractivity contribution in [2.45, 2.75) is 39.7 Å². The number of rotatable bonds is 7. The van der Waals surface area contributed by atoms with Gasteiger partial charge in [-0.15, -0.1) is 0 Å². The highest BCUT2D eigenvalue weighted by Gasteiger charge is 2.13. The molecule has 0 spiro atoms. The Balaban J connectivity index is 4.19. The number of hydrogen-bond donors (Lipinski definition) is 3. The van der Waals surface area contributed by atoms with Gasteiger partial charge >= 0.3 is 0 Å². The number of nitrogens with two attached hydrogens (primary N) is 1. The van der Waals surface area contributed by atoms with E-state index in [0.717, 1.165) is 19.4 Å². The van der Waals surface area contributed by atoms with Gasteiger partial charge in [0.2, 0.25) is 5.96 Å². The van der Waals surface area contributed by atoms with Crippen molar-refractivity contribution >= 4 is 5.96 Å². The Morgan fingerprint density at radius 1 is 1.44 bits per heavy atom. The van der Waals surface area contributed by atoms with Crippen LogP contribution in [0, 0.1) is 5.92 Å². The van der Waals surface area contributed by atoms with Gasteiger partial charge in [0, 0.05) is 13.7 Å². The van der Waals surface area contributed by atoms with E-state index in [1.807, 2.05) is 0 Å². The number of ether oxygens (including phenoxy) is 1. The van der Waals surface area contributed by atoms with Gasteiger partial charge in [-0.2, -0.15) is 0 Å². The van der Waals surface area contributed by atoms with Crippen LogP contribution in [0.2, 0.25) is 0 Å². The maximum Gasteiger partial charge on any atom is 0.206 e. The molecule has 0 fully saturated rings. The lowest BCUT2D eigenvalue weighted by atomic mass is 10.1. The van der Waals surface area contributed by atoms with Crippen molar-refractivity contribution in [1.29, 1.82) is 0 Å². The number of nitrogens with zero attached hydrogens (tertiary/aromatic N) is 1. The zero-order valence-electron chi connectivity index (χ0n) is 10.9. The van der Waals surface area contributed by atoms with Gasteiger partial charge in [0.05, 0.1) is 12.6 Å². The number of methoxy groups -OCH3 is 1. The number of guanidine groups is 1. The third kappa shape index (κ3) is 6.63. The first-order valence-corrected chi connectivity index (χ1v) is 5.92. The molecule has 0 aliphatic rings. The molecular weight excluding hydrogens is 204 g/mol. The fourth-order valence-electron chi connectivity index (χ4n) is 1.24. The molecule has 0 aromatic rings. The van der Waals surface area contributed by atoms with Crippen molar-refractivity contribution in [2.24, 2.45) is 16.8 Å². The third-order valence-electron chi connectivity index (χ3n) is 2.39. The van der Waals surface area contributed by atoms with E-state index in [1.54, 1.807) is 7.11 Å². The molecule has 0 aromatic heterocycles. The normalized spacial score (nSPS) is 14.0. The van der Waals surface area contributed by atoms with Crippen molar-refractivity contribution in [1.82, 2.24) is 10.7 Å². The van der Waals surface area contributed by atoms with Gasteiger partial charge in [0.25, 0.3) is 0 Å². The Morgan fingerprint density at radius 2 is 2.12 bits per heavy atom. The maximum absolute atomic E-state index is 5.42. The molecule has 0 saturated carbocycles. The number of nitrogens with one attached hydrogen (secondary N) is 2. The van der Waals surface area contributed by atoms with Crippen LogP contribution in [0.3, 0.4) is 0 Å². The smallest absolute Gasteiger partial charge is 0.206 e. The molecule has 4 N–H and O–H groups in total. The van der Waals surface area contributed by atoms with Crippen molar-refractivity contribution in [3.05, 3.63) is 0 Å². The first kappa shape index (κ1) is 15.2. The van der Waals surface area contributed by atoms with Crippen LogP contribution in [-0.2, 0) is 4.74 Å². The van der Waals surface area contributed by atoms with Crippen LogP contribution in [0.5, 0.6) is 0 Å². The summed E-state index contributed by atoms with van der Waals surface area (Å²) in [6.45, 7) is 7.85. The van der Waals surface area contributed by atoms with Gasteiger partial charge in [-0.3, -0.25) is 10.4 Å². The van der Waals surface area contributed by atoms with E-state index >= 15 is 0 Å². The second-order valence-corrected chi connectivity index (χ2v) is 4.18. The van der Waals surface area contributed by atoms with Crippen LogP contribution in [-0.4, -0.2) is 32.3 Å². The lowest BCUT2D eigenvalue weighted by Gasteiger charge is -2.23. The molecule has 0 bridgehead atoms. The SMILES string of the molecule is CCCCN=C(NN)NC(COC)C(C)C. The minimum Gasteiger partial charge on any atom is -0.383 e.